The van der Waals surface area contributed by atoms with Crippen LogP contribution < -0.4 is 4.74 Å². The van der Waals surface area contributed by atoms with Gasteiger partial charge in [0.05, 0.1) is 15.0 Å². The molecule has 1 unspecified atom stereocenters. The van der Waals surface area contributed by atoms with Crippen molar-refractivity contribution in [3.05, 3.63) is 63.6 Å². The van der Waals surface area contributed by atoms with Crippen LogP contribution in [0.15, 0.2) is 42.5 Å². The van der Waals surface area contributed by atoms with E-state index < -0.39 is 0 Å². The molecule has 0 aliphatic carbocycles. The number of hydrogen-bond donors (Lipinski definition) is 0. The number of ether oxygens (including phenoxy) is 1. The Morgan fingerprint density at radius 2 is 1.50 bits per heavy atom. The molecule has 2 aromatic carbocycles. The summed E-state index contributed by atoms with van der Waals surface area (Å²) in [5.41, 5.74) is 1.87. The molecule has 0 fully saturated rings. The van der Waals surface area contributed by atoms with Gasteiger partial charge in [0, 0.05) is 10.0 Å². The Labute approximate surface area is 118 Å². The average molecular weight is 277 g/mol. The fraction of sp³-hybridized carbons (Fsp3) is 0.143. The van der Waals surface area contributed by atoms with E-state index in [4.69, 9.17) is 35.8 Å². The molecule has 0 N–H and O–H groups in total. The SMILES string of the molecule is [B]C(c1ccc(OC)cc1)c1cc(Cl)cc(Cl)c1. The lowest BCUT2D eigenvalue weighted by Gasteiger charge is -2.14. The van der Waals surface area contributed by atoms with Gasteiger partial charge in [-0.1, -0.05) is 35.3 Å². The standard InChI is InChI=1S/C14H11BCl2O/c1-18-13-4-2-9(3-5-13)14(15)10-6-11(16)8-12(17)7-10/h2-8,14H,1H3. The third kappa shape index (κ3) is 3.01. The van der Waals surface area contributed by atoms with Gasteiger partial charge in [0.25, 0.3) is 0 Å². The van der Waals surface area contributed by atoms with Gasteiger partial charge in [0.15, 0.2) is 0 Å². The Bertz CT molecular complexity index is 520. The Morgan fingerprint density at radius 3 is 2.00 bits per heavy atom. The predicted molar refractivity (Wildman–Crippen MR) is 77.1 cm³/mol. The quantitative estimate of drug-likeness (QED) is 0.761. The van der Waals surface area contributed by atoms with E-state index in [9.17, 15) is 0 Å². The van der Waals surface area contributed by atoms with Crippen LogP contribution in [0.4, 0.5) is 0 Å². The Morgan fingerprint density at radius 1 is 0.944 bits per heavy atom. The van der Waals surface area contributed by atoms with E-state index in [1.54, 1.807) is 13.2 Å². The molecule has 0 aliphatic rings. The van der Waals surface area contributed by atoms with Gasteiger partial charge >= 0.3 is 0 Å². The molecule has 0 aliphatic heterocycles. The van der Waals surface area contributed by atoms with Crippen LogP contribution in [0.5, 0.6) is 5.75 Å². The van der Waals surface area contributed by atoms with Gasteiger partial charge in [-0.2, -0.15) is 0 Å². The van der Waals surface area contributed by atoms with E-state index >= 15 is 0 Å². The molecule has 2 rings (SSSR count). The fourth-order valence-electron chi connectivity index (χ4n) is 1.76. The molecule has 0 saturated carbocycles. The summed E-state index contributed by atoms with van der Waals surface area (Å²) in [4.78, 5) is 0. The van der Waals surface area contributed by atoms with Crippen LogP contribution in [-0.4, -0.2) is 15.0 Å². The monoisotopic (exact) mass is 276 g/mol. The normalized spacial score (nSPS) is 12.2. The molecule has 1 atom stereocenters. The zero-order valence-corrected chi connectivity index (χ0v) is 11.4. The Kier molecular flexibility index (Phi) is 4.21. The Hall–Kier alpha value is -1.12. The van der Waals surface area contributed by atoms with Crippen molar-refractivity contribution in [2.45, 2.75) is 5.82 Å². The zero-order chi connectivity index (χ0) is 13.1. The van der Waals surface area contributed by atoms with E-state index in [1.807, 2.05) is 36.4 Å². The first-order chi connectivity index (χ1) is 8.60. The summed E-state index contributed by atoms with van der Waals surface area (Å²) >= 11 is 11.9. The molecule has 0 bridgehead atoms. The number of methoxy groups -OCH3 is 1. The third-order valence-electron chi connectivity index (χ3n) is 2.72. The van der Waals surface area contributed by atoms with E-state index in [0.29, 0.717) is 10.0 Å². The van der Waals surface area contributed by atoms with Crippen molar-refractivity contribution in [3.63, 3.8) is 0 Å². The molecule has 0 heterocycles. The van der Waals surface area contributed by atoms with Crippen LogP contribution in [0.3, 0.4) is 0 Å². The lowest BCUT2D eigenvalue weighted by Crippen LogP contribution is -2.00. The molecule has 1 nitrogen and oxygen atoms in total. The highest BCUT2D eigenvalue weighted by Crippen LogP contribution is 2.28. The highest BCUT2D eigenvalue weighted by Gasteiger charge is 2.09. The topological polar surface area (TPSA) is 9.23 Å². The number of benzene rings is 2. The van der Waals surface area contributed by atoms with Crippen molar-refractivity contribution >= 4 is 31.0 Å². The molecule has 0 saturated heterocycles. The zero-order valence-electron chi connectivity index (χ0n) is 9.86. The minimum absolute atomic E-state index is 0.257. The molecule has 0 aromatic heterocycles. The predicted octanol–water partition coefficient (Wildman–Crippen LogP) is 4.26. The van der Waals surface area contributed by atoms with Gasteiger partial charge in [-0.05, 0) is 47.3 Å². The number of hydrogen-bond acceptors (Lipinski definition) is 1. The van der Waals surface area contributed by atoms with Crippen molar-refractivity contribution in [2.24, 2.45) is 0 Å². The average Bonchev–Trinajstić information content (AvgIpc) is 2.37. The van der Waals surface area contributed by atoms with Crippen molar-refractivity contribution < 1.29 is 4.74 Å². The van der Waals surface area contributed by atoms with Gasteiger partial charge < -0.3 is 4.74 Å². The minimum atomic E-state index is -0.257. The first-order valence-corrected chi connectivity index (χ1v) is 6.21. The van der Waals surface area contributed by atoms with Crippen LogP contribution in [0.1, 0.15) is 16.9 Å². The summed E-state index contributed by atoms with van der Waals surface area (Å²) < 4.78 is 5.11. The molecule has 4 heteroatoms. The molecule has 0 amide bonds. The van der Waals surface area contributed by atoms with E-state index in [-0.39, 0.29) is 5.82 Å². The highest BCUT2D eigenvalue weighted by molar-refractivity contribution is 6.34. The summed E-state index contributed by atoms with van der Waals surface area (Å²) in [5.74, 6) is 0.544. The summed E-state index contributed by atoms with van der Waals surface area (Å²) in [5, 5.41) is 1.17. The molecule has 0 spiro atoms. The van der Waals surface area contributed by atoms with Crippen molar-refractivity contribution in [2.75, 3.05) is 7.11 Å². The summed E-state index contributed by atoms with van der Waals surface area (Å²) in [6, 6.07) is 12.9. The largest absolute Gasteiger partial charge is 0.497 e. The lowest BCUT2D eigenvalue weighted by molar-refractivity contribution is 0.414. The Balaban J connectivity index is 2.31. The second kappa shape index (κ2) is 5.68. The van der Waals surface area contributed by atoms with Gasteiger partial charge in [0.2, 0.25) is 0 Å². The van der Waals surface area contributed by atoms with Crippen molar-refractivity contribution in [3.8, 4) is 5.75 Å². The van der Waals surface area contributed by atoms with Gasteiger partial charge in [-0.25, -0.2) is 0 Å². The maximum atomic E-state index is 6.19. The first kappa shape index (κ1) is 13.3. The number of rotatable bonds is 3. The fourth-order valence-corrected chi connectivity index (χ4v) is 2.30. The molecule has 18 heavy (non-hydrogen) atoms. The highest BCUT2D eigenvalue weighted by atomic mass is 35.5. The third-order valence-corrected chi connectivity index (χ3v) is 3.16. The van der Waals surface area contributed by atoms with Crippen molar-refractivity contribution in [1.29, 1.82) is 0 Å². The van der Waals surface area contributed by atoms with Gasteiger partial charge in [0.1, 0.15) is 5.75 Å². The smallest absolute Gasteiger partial charge is 0.118 e. The van der Waals surface area contributed by atoms with Gasteiger partial charge in [-0.3, -0.25) is 0 Å². The summed E-state index contributed by atoms with van der Waals surface area (Å²) in [7, 11) is 7.82. The first-order valence-electron chi connectivity index (χ1n) is 5.45. The second-order valence-electron chi connectivity index (χ2n) is 3.95. The minimum Gasteiger partial charge on any atom is -0.497 e. The van der Waals surface area contributed by atoms with Crippen LogP contribution >= 0.6 is 23.2 Å². The molecule has 2 radical (unpaired) electrons. The molecular weight excluding hydrogens is 266 g/mol. The molecule has 2 aromatic rings. The maximum absolute atomic E-state index is 6.19. The van der Waals surface area contributed by atoms with E-state index in [2.05, 4.69) is 0 Å². The summed E-state index contributed by atoms with van der Waals surface area (Å²) in [6.07, 6.45) is 0. The van der Waals surface area contributed by atoms with Crippen LogP contribution in [0, 0.1) is 0 Å². The van der Waals surface area contributed by atoms with Crippen LogP contribution in [0.2, 0.25) is 10.0 Å². The second-order valence-corrected chi connectivity index (χ2v) is 4.83. The molecular formula is C14H11BCl2O. The van der Waals surface area contributed by atoms with Crippen molar-refractivity contribution in [1.82, 2.24) is 0 Å². The van der Waals surface area contributed by atoms with Crippen LogP contribution in [-0.2, 0) is 0 Å². The van der Waals surface area contributed by atoms with Gasteiger partial charge in [-0.15, -0.1) is 0 Å². The van der Waals surface area contributed by atoms with E-state index in [0.717, 1.165) is 16.9 Å². The maximum Gasteiger partial charge on any atom is 0.118 e. The lowest BCUT2D eigenvalue weighted by atomic mass is 9.76. The van der Waals surface area contributed by atoms with E-state index in [1.165, 1.54) is 0 Å². The summed E-state index contributed by atoms with van der Waals surface area (Å²) in [6.45, 7) is 0. The van der Waals surface area contributed by atoms with Crippen LogP contribution in [0.25, 0.3) is 0 Å². The molecule has 90 valence electrons. The number of halogens is 2.